The molecule has 0 fully saturated rings. The Morgan fingerprint density at radius 1 is 0.897 bits per heavy atom. The fourth-order valence-electron chi connectivity index (χ4n) is 4.96. The quantitative estimate of drug-likeness (QED) is 0.360. The Labute approximate surface area is 229 Å². The van der Waals surface area contributed by atoms with E-state index >= 15 is 0 Å². The number of methoxy groups -OCH3 is 2. The Kier molecular flexibility index (Phi) is 9.64. The largest absolute Gasteiger partial charge is 0.497 e. The first-order valence-electron chi connectivity index (χ1n) is 13.1. The number of benzene rings is 3. The summed E-state index contributed by atoms with van der Waals surface area (Å²) in [6.07, 6.45) is 2.34. The first kappa shape index (κ1) is 27.8. The van der Waals surface area contributed by atoms with Crippen molar-refractivity contribution < 1.29 is 23.9 Å². The summed E-state index contributed by atoms with van der Waals surface area (Å²) >= 11 is 0. The van der Waals surface area contributed by atoms with Gasteiger partial charge in [0.15, 0.2) is 5.78 Å². The van der Waals surface area contributed by atoms with Crippen molar-refractivity contribution >= 4 is 23.2 Å². The number of nitrogens with one attached hydrogen (secondary N) is 1. The molecule has 1 atom stereocenters. The van der Waals surface area contributed by atoms with Crippen LogP contribution in [0.2, 0.25) is 0 Å². The van der Waals surface area contributed by atoms with Crippen molar-refractivity contribution in [3.8, 4) is 5.75 Å². The average Bonchev–Trinajstić information content (AvgIpc) is 3.30. The van der Waals surface area contributed by atoms with Gasteiger partial charge in [-0.2, -0.15) is 0 Å². The van der Waals surface area contributed by atoms with Crippen molar-refractivity contribution in [2.24, 2.45) is 0 Å². The molecule has 1 unspecified atom stereocenters. The third kappa shape index (κ3) is 7.00. The number of carbonyl (C=O) groups is 3. The van der Waals surface area contributed by atoms with Gasteiger partial charge < -0.3 is 19.7 Å². The number of ketones is 1. The third-order valence-electron chi connectivity index (χ3n) is 6.91. The molecule has 0 spiro atoms. The van der Waals surface area contributed by atoms with Gasteiger partial charge in [0.2, 0.25) is 11.8 Å². The van der Waals surface area contributed by atoms with Crippen molar-refractivity contribution in [1.82, 2.24) is 10.2 Å². The fraction of sp³-hybridized carbons (Fsp3) is 0.281. The highest BCUT2D eigenvalue weighted by Gasteiger charge is 2.38. The predicted octanol–water partition coefficient (Wildman–Crippen LogP) is 4.23. The molecule has 0 saturated carbocycles. The summed E-state index contributed by atoms with van der Waals surface area (Å²) in [6.45, 7) is 0.553. The first-order chi connectivity index (χ1) is 19.0. The van der Waals surface area contributed by atoms with Gasteiger partial charge in [-0.05, 0) is 40.8 Å². The molecule has 0 aromatic heterocycles. The molecule has 7 nitrogen and oxygen atoms in total. The van der Waals surface area contributed by atoms with E-state index in [1.165, 1.54) is 7.11 Å². The number of hydrogen-bond acceptors (Lipinski definition) is 5. The molecule has 0 radical (unpaired) electrons. The second-order valence-electron chi connectivity index (χ2n) is 9.44. The highest BCUT2D eigenvalue weighted by Crippen LogP contribution is 2.33. The van der Waals surface area contributed by atoms with Crippen LogP contribution in [0.3, 0.4) is 0 Å². The van der Waals surface area contributed by atoms with E-state index in [2.05, 4.69) is 29.6 Å². The van der Waals surface area contributed by atoms with Crippen molar-refractivity contribution in [1.29, 1.82) is 0 Å². The lowest BCUT2D eigenvalue weighted by Gasteiger charge is -2.29. The van der Waals surface area contributed by atoms with Gasteiger partial charge in [0.05, 0.1) is 7.11 Å². The molecule has 3 aromatic rings. The van der Waals surface area contributed by atoms with Crippen LogP contribution >= 0.6 is 0 Å². The Bertz CT molecular complexity index is 1250. The maximum absolute atomic E-state index is 13.5. The molecule has 0 bridgehead atoms. The van der Waals surface area contributed by atoms with Crippen molar-refractivity contribution in [3.63, 3.8) is 0 Å². The highest BCUT2D eigenvalue weighted by atomic mass is 16.5. The van der Waals surface area contributed by atoms with Gasteiger partial charge in [0, 0.05) is 38.6 Å². The average molecular weight is 527 g/mol. The summed E-state index contributed by atoms with van der Waals surface area (Å²) in [7, 11) is 3.05. The standard InChI is InChI=1S/C32H34N2O5/c1-38-22-26(35)17-19-33-32(37)31-29(25-13-15-27(39-2)16-14-25)21-30(36)34(31)20-18-28(23-9-5-3-6-10-23)24-11-7-4-8-12-24/h3-16,21,28,31H,17-20,22H2,1-2H3,(H,33,37). The Hall–Kier alpha value is -4.23. The minimum absolute atomic E-state index is 0.00126. The molecule has 1 heterocycles. The molecule has 1 N–H and O–H groups in total. The molecule has 202 valence electrons. The van der Waals surface area contributed by atoms with Gasteiger partial charge in [-0.25, -0.2) is 0 Å². The third-order valence-corrected chi connectivity index (χ3v) is 6.91. The summed E-state index contributed by atoms with van der Waals surface area (Å²) in [6, 6.07) is 26.9. The SMILES string of the molecule is COCC(=O)CCNC(=O)C1C(c2ccc(OC)cc2)=CC(=O)N1CCC(c1ccccc1)c1ccccc1. The summed E-state index contributed by atoms with van der Waals surface area (Å²) in [4.78, 5) is 40.4. The zero-order valence-corrected chi connectivity index (χ0v) is 22.3. The van der Waals surface area contributed by atoms with Crippen molar-refractivity contribution in [2.45, 2.75) is 24.8 Å². The van der Waals surface area contributed by atoms with Gasteiger partial charge >= 0.3 is 0 Å². The van der Waals surface area contributed by atoms with Crippen LogP contribution in [0.25, 0.3) is 5.57 Å². The minimum Gasteiger partial charge on any atom is -0.497 e. The lowest BCUT2D eigenvalue weighted by Crippen LogP contribution is -2.47. The number of carbonyl (C=O) groups excluding carboxylic acids is 3. The summed E-state index contributed by atoms with van der Waals surface area (Å²) < 4.78 is 10.2. The van der Waals surface area contributed by atoms with Gasteiger partial charge in [-0.15, -0.1) is 0 Å². The monoisotopic (exact) mass is 526 g/mol. The zero-order chi connectivity index (χ0) is 27.6. The van der Waals surface area contributed by atoms with E-state index < -0.39 is 6.04 Å². The number of Topliss-reactive ketones (excluding diaryl/α,β-unsaturated/α-hetero) is 1. The zero-order valence-electron chi connectivity index (χ0n) is 22.3. The van der Waals surface area contributed by atoms with Gasteiger partial charge in [0.25, 0.3) is 0 Å². The molecule has 39 heavy (non-hydrogen) atoms. The van der Waals surface area contributed by atoms with E-state index in [9.17, 15) is 14.4 Å². The molecule has 0 saturated heterocycles. The van der Waals surface area contributed by atoms with E-state index in [1.54, 1.807) is 18.1 Å². The smallest absolute Gasteiger partial charge is 0.247 e. The maximum atomic E-state index is 13.5. The van der Waals surface area contributed by atoms with E-state index in [0.717, 1.165) is 16.7 Å². The van der Waals surface area contributed by atoms with Crippen LogP contribution in [0.5, 0.6) is 5.75 Å². The van der Waals surface area contributed by atoms with E-state index in [1.807, 2.05) is 60.7 Å². The van der Waals surface area contributed by atoms with Crippen molar-refractivity contribution in [2.75, 3.05) is 33.9 Å². The normalized spacial score (nSPS) is 14.8. The Morgan fingerprint density at radius 2 is 1.51 bits per heavy atom. The van der Waals surface area contributed by atoms with Crippen LogP contribution < -0.4 is 10.1 Å². The van der Waals surface area contributed by atoms with Crippen LogP contribution in [-0.2, 0) is 19.1 Å². The van der Waals surface area contributed by atoms with Crippen molar-refractivity contribution in [3.05, 3.63) is 108 Å². The molecule has 4 rings (SSSR count). The van der Waals surface area contributed by atoms with Crippen LogP contribution in [-0.4, -0.2) is 62.5 Å². The van der Waals surface area contributed by atoms with Gasteiger partial charge in [-0.3, -0.25) is 14.4 Å². The number of nitrogens with zero attached hydrogens (tertiary/aromatic N) is 1. The molecule has 1 aliphatic rings. The minimum atomic E-state index is -0.810. The first-order valence-corrected chi connectivity index (χ1v) is 13.1. The number of hydrogen-bond donors (Lipinski definition) is 1. The molecule has 3 aromatic carbocycles. The lowest BCUT2D eigenvalue weighted by atomic mass is 9.88. The Morgan fingerprint density at radius 3 is 2.08 bits per heavy atom. The molecule has 0 aliphatic carbocycles. The predicted molar refractivity (Wildman–Crippen MR) is 150 cm³/mol. The summed E-state index contributed by atoms with van der Waals surface area (Å²) in [5.74, 6) is 0.115. The van der Waals surface area contributed by atoms with E-state index in [4.69, 9.17) is 9.47 Å². The second-order valence-corrected chi connectivity index (χ2v) is 9.44. The topological polar surface area (TPSA) is 84.9 Å². The number of amides is 2. The molecule has 7 heteroatoms. The highest BCUT2D eigenvalue weighted by molar-refractivity contribution is 6.10. The Balaban J connectivity index is 1.57. The fourth-order valence-corrected chi connectivity index (χ4v) is 4.96. The van der Waals surface area contributed by atoms with E-state index in [-0.39, 0.29) is 43.1 Å². The summed E-state index contributed by atoms with van der Waals surface area (Å²) in [5, 5.41) is 2.86. The summed E-state index contributed by atoms with van der Waals surface area (Å²) in [5.41, 5.74) is 3.69. The van der Waals surface area contributed by atoms with Crippen LogP contribution in [0.4, 0.5) is 0 Å². The maximum Gasteiger partial charge on any atom is 0.247 e. The second kappa shape index (κ2) is 13.5. The molecule has 2 amide bonds. The lowest BCUT2D eigenvalue weighted by molar-refractivity contribution is -0.133. The molecular weight excluding hydrogens is 492 g/mol. The van der Waals surface area contributed by atoms with Crippen LogP contribution in [0.1, 0.15) is 35.4 Å². The van der Waals surface area contributed by atoms with E-state index in [0.29, 0.717) is 24.3 Å². The van der Waals surface area contributed by atoms with Crippen LogP contribution in [0.15, 0.2) is 91.0 Å². The van der Waals surface area contributed by atoms with Gasteiger partial charge in [-0.1, -0.05) is 72.8 Å². The molecular formula is C32H34N2O5. The van der Waals surface area contributed by atoms with Crippen LogP contribution in [0, 0.1) is 0 Å². The number of rotatable bonds is 13. The molecule has 1 aliphatic heterocycles. The number of ether oxygens (including phenoxy) is 2. The van der Waals surface area contributed by atoms with Gasteiger partial charge in [0.1, 0.15) is 18.4 Å².